The van der Waals surface area contributed by atoms with Crippen molar-refractivity contribution < 1.29 is 9.53 Å². The summed E-state index contributed by atoms with van der Waals surface area (Å²) in [5, 5.41) is 2.69. The molecule has 3 aromatic rings. The number of H-pyrrole nitrogens is 1. The fraction of sp³-hybridized carbons (Fsp3) is 0.150. The number of carbonyl (C=O) groups is 1. The first-order chi connectivity index (χ1) is 12.9. The maximum atomic E-state index is 12.7. The summed E-state index contributed by atoms with van der Waals surface area (Å²) in [5.74, 6) is -0.00590. The van der Waals surface area contributed by atoms with Gasteiger partial charge in [0.1, 0.15) is 11.3 Å². The molecule has 2 N–H and O–H groups in total. The number of ether oxygens (including phenoxy) is 1. The van der Waals surface area contributed by atoms with Gasteiger partial charge in [-0.25, -0.2) is 9.36 Å². The largest absolute Gasteiger partial charge is 0.497 e. The second-order valence-corrected chi connectivity index (χ2v) is 6.10. The van der Waals surface area contributed by atoms with Crippen LogP contribution in [0.4, 0.5) is 5.69 Å². The molecule has 1 aromatic heterocycles. The predicted molar refractivity (Wildman–Crippen MR) is 103 cm³/mol. The molecule has 0 radical (unpaired) electrons. The van der Waals surface area contributed by atoms with Crippen LogP contribution in [0, 0.1) is 13.8 Å². The minimum atomic E-state index is -0.703. The SMILES string of the molecule is COc1ccc(-n2c(=O)[nH]cc(C(=O)Nc3ccc(C)c(C)c3)c2=O)cc1. The number of aromatic nitrogens is 2. The Morgan fingerprint density at radius 1 is 1.04 bits per heavy atom. The summed E-state index contributed by atoms with van der Waals surface area (Å²) in [6, 6.07) is 11.9. The lowest BCUT2D eigenvalue weighted by atomic mass is 10.1. The van der Waals surface area contributed by atoms with Gasteiger partial charge in [0.2, 0.25) is 0 Å². The Morgan fingerprint density at radius 2 is 1.74 bits per heavy atom. The Morgan fingerprint density at radius 3 is 2.37 bits per heavy atom. The highest BCUT2D eigenvalue weighted by molar-refractivity contribution is 6.03. The molecule has 27 heavy (non-hydrogen) atoms. The van der Waals surface area contributed by atoms with Gasteiger partial charge in [0.05, 0.1) is 12.8 Å². The number of nitrogens with one attached hydrogen (secondary N) is 2. The van der Waals surface area contributed by atoms with Gasteiger partial charge in [-0.15, -0.1) is 0 Å². The molecule has 3 rings (SSSR count). The van der Waals surface area contributed by atoms with Crippen molar-refractivity contribution in [3.8, 4) is 11.4 Å². The second-order valence-electron chi connectivity index (χ2n) is 6.10. The summed E-state index contributed by atoms with van der Waals surface area (Å²) in [5.41, 5.74) is 1.53. The van der Waals surface area contributed by atoms with E-state index in [1.165, 1.54) is 7.11 Å². The number of methoxy groups -OCH3 is 1. The fourth-order valence-corrected chi connectivity index (χ4v) is 2.62. The highest BCUT2D eigenvalue weighted by atomic mass is 16.5. The Bertz CT molecular complexity index is 1110. The van der Waals surface area contributed by atoms with Crippen molar-refractivity contribution >= 4 is 11.6 Å². The number of hydrogen-bond acceptors (Lipinski definition) is 4. The topological polar surface area (TPSA) is 93.2 Å². The number of carbonyl (C=O) groups excluding carboxylic acids is 1. The van der Waals surface area contributed by atoms with Crippen molar-refractivity contribution in [2.24, 2.45) is 0 Å². The number of amides is 1. The number of nitrogens with zero attached hydrogens (tertiary/aromatic N) is 1. The molecule has 0 unspecified atom stereocenters. The minimum absolute atomic E-state index is 0.163. The van der Waals surface area contributed by atoms with Crippen molar-refractivity contribution in [3.05, 3.63) is 86.2 Å². The molecule has 1 heterocycles. The van der Waals surface area contributed by atoms with Gasteiger partial charge >= 0.3 is 5.69 Å². The number of hydrogen-bond donors (Lipinski definition) is 2. The standard InChI is InChI=1S/C20H19N3O4/c1-12-4-5-14(10-13(12)2)22-18(24)17-11-21-20(26)23(19(17)25)15-6-8-16(27-3)9-7-15/h4-11H,1-3H3,(H,21,26)(H,22,24). The molecule has 7 nitrogen and oxygen atoms in total. The first-order valence-electron chi connectivity index (χ1n) is 8.28. The van der Waals surface area contributed by atoms with Crippen LogP contribution < -0.4 is 21.3 Å². The highest BCUT2D eigenvalue weighted by Crippen LogP contribution is 2.15. The van der Waals surface area contributed by atoms with Crippen LogP contribution in [-0.2, 0) is 0 Å². The molecule has 0 bridgehead atoms. The number of anilines is 1. The monoisotopic (exact) mass is 365 g/mol. The number of rotatable bonds is 4. The van der Waals surface area contributed by atoms with E-state index in [2.05, 4.69) is 10.3 Å². The van der Waals surface area contributed by atoms with Gasteiger partial charge in [-0.3, -0.25) is 9.59 Å². The average Bonchev–Trinajstić information content (AvgIpc) is 2.65. The van der Waals surface area contributed by atoms with Gasteiger partial charge < -0.3 is 15.0 Å². The average molecular weight is 365 g/mol. The smallest absolute Gasteiger partial charge is 0.333 e. The summed E-state index contributed by atoms with van der Waals surface area (Å²) in [7, 11) is 1.52. The molecular weight excluding hydrogens is 346 g/mol. The maximum absolute atomic E-state index is 12.7. The molecule has 0 atom stereocenters. The fourth-order valence-electron chi connectivity index (χ4n) is 2.62. The third kappa shape index (κ3) is 3.67. The molecule has 1 amide bonds. The van der Waals surface area contributed by atoms with Crippen LogP contribution in [0.5, 0.6) is 5.75 Å². The molecule has 138 valence electrons. The molecule has 0 aliphatic rings. The molecule has 0 fully saturated rings. The molecule has 0 saturated heterocycles. The quantitative estimate of drug-likeness (QED) is 0.742. The molecule has 0 aliphatic heterocycles. The second kappa shape index (κ2) is 7.33. The van der Waals surface area contributed by atoms with Crippen LogP contribution in [0.1, 0.15) is 21.5 Å². The van der Waals surface area contributed by atoms with Crippen molar-refractivity contribution in [2.75, 3.05) is 12.4 Å². The molecule has 0 saturated carbocycles. The number of benzene rings is 2. The van der Waals surface area contributed by atoms with E-state index in [4.69, 9.17) is 4.74 Å². The predicted octanol–water partition coefficient (Wildman–Crippen LogP) is 2.40. The van der Waals surface area contributed by atoms with Crippen LogP contribution in [0.3, 0.4) is 0 Å². The van der Waals surface area contributed by atoms with Gasteiger partial charge in [0.15, 0.2) is 0 Å². The number of aryl methyl sites for hydroxylation is 2. The Labute approximate surface area is 155 Å². The zero-order valence-corrected chi connectivity index (χ0v) is 15.2. The van der Waals surface area contributed by atoms with E-state index in [9.17, 15) is 14.4 Å². The van der Waals surface area contributed by atoms with E-state index in [1.807, 2.05) is 26.0 Å². The van der Waals surface area contributed by atoms with Gasteiger partial charge in [0, 0.05) is 11.9 Å². The number of aromatic amines is 1. The van der Waals surface area contributed by atoms with Crippen molar-refractivity contribution in [1.29, 1.82) is 0 Å². The van der Waals surface area contributed by atoms with Crippen molar-refractivity contribution in [3.63, 3.8) is 0 Å². The Kier molecular flexibility index (Phi) is 4.94. The van der Waals surface area contributed by atoms with Gasteiger partial charge in [0.25, 0.3) is 11.5 Å². The molecule has 0 spiro atoms. The van der Waals surface area contributed by atoms with Crippen LogP contribution in [0.25, 0.3) is 5.69 Å². The highest BCUT2D eigenvalue weighted by Gasteiger charge is 2.16. The first-order valence-corrected chi connectivity index (χ1v) is 8.28. The normalized spacial score (nSPS) is 10.5. The van der Waals surface area contributed by atoms with Crippen molar-refractivity contribution in [1.82, 2.24) is 9.55 Å². The van der Waals surface area contributed by atoms with E-state index in [0.717, 1.165) is 21.9 Å². The van der Waals surface area contributed by atoms with Crippen LogP contribution in [0.15, 0.2) is 58.3 Å². The van der Waals surface area contributed by atoms with Crippen LogP contribution in [-0.4, -0.2) is 22.6 Å². The maximum Gasteiger partial charge on any atom is 0.333 e. The van der Waals surface area contributed by atoms with Crippen LogP contribution in [0.2, 0.25) is 0 Å². The van der Waals surface area contributed by atoms with E-state index in [0.29, 0.717) is 17.1 Å². The summed E-state index contributed by atoms with van der Waals surface area (Å²) in [6.07, 6.45) is 1.13. The molecular formula is C20H19N3O4. The van der Waals surface area contributed by atoms with Crippen molar-refractivity contribution in [2.45, 2.75) is 13.8 Å². The van der Waals surface area contributed by atoms with Gasteiger partial charge in [-0.1, -0.05) is 6.07 Å². The van der Waals surface area contributed by atoms with Gasteiger partial charge in [-0.05, 0) is 61.4 Å². The summed E-state index contributed by atoms with van der Waals surface area (Å²) in [6.45, 7) is 3.90. The lowest BCUT2D eigenvalue weighted by Gasteiger charge is -2.10. The lowest BCUT2D eigenvalue weighted by Crippen LogP contribution is -2.38. The summed E-state index contributed by atoms with van der Waals surface area (Å²) < 4.78 is 5.99. The zero-order valence-electron chi connectivity index (χ0n) is 15.2. The van der Waals surface area contributed by atoms with E-state index in [1.54, 1.807) is 30.3 Å². The van der Waals surface area contributed by atoms with E-state index in [-0.39, 0.29) is 5.56 Å². The molecule has 2 aromatic carbocycles. The third-order valence-electron chi connectivity index (χ3n) is 4.32. The zero-order chi connectivity index (χ0) is 19.6. The lowest BCUT2D eigenvalue weighted by molar-refractivity contribution is 0.102. The summed E-state index contributed by atoms with van der Waals surface area (Å²) >= 11 is 0. The van der Waals surface area contributed by atoms with Crippen LogP contribution >= 0.6 is 0 Å². The summed E-state index contributed by atoms with van der Waals surface area (Å²) in [4.78, 5) is 39.9. The van der Waals surface area contributed by atoms with E-state index < -0.39 is 17.2 Å². The molecule has 0 aliphatic carbocycles. The van der Waals surface area contributed by atoms with E-state index >= 15 is 0 Å². The van der Waals surface area contributed by atoms with Gasteiger partial charge in [-0.2, -0.15) is 0 Å². The Hall–Kier alpha value is -3.61. The molecule has 7 heteroatoms. The first kappa shape index (κ1) is 18.2. The Balaban J connectivity index is 1.98. The minimum Gasteiger partial charge on any atom is -0.497 e. The third-order valence-corrected chi connectivity index (χ3v) is 4.32.